The van der Waals surface area contributed by atoms with Gasteiger partial charge in [-0.25, -0.2) is 0 Å². The average molecular weight is 274 g/mol. The van der Waals surface area contributed by atoms with Crippen LogP contribution in [-0.4, -0.2) is 53.9 Å². The van der Waals surface area contributed by atoms with Crippen molar-refractivity contribution in [3.8, 4) is 0 Å². The fourth-order valence-corrected chi connectivity index (χ4v) is 2.95. The van der Waals surface area contributed by atoms with Crippen molar-refractivity contribution in [3.63, 3.8) is 0 Å². The SMILES string of the molecule is CN(CCO)C1(CNC(=O)CCS)CCCCC1. The van der Waals surface area contributed by atoms with Crippen LogP contribution in [-0.2, 0) is 4.79 Å². The summed E-state index contributed by atoms with van der Waals surface area (Å²) in [5, 5.41) is 12.1. The fraction of sp³-hybridized carbons (Fsp3) is 0.923. The molecule has 1 aliphatic carbocycles. The first-order valence-corrected chi connectivity index (χ1v) is 7.47. The Morgan fingerprint density at radius 1 is 1.39 bits per heavy atom. The summed E-state index contributed by atoms with van der Waals surface area (Å²) in [6, 6.07) is 0. The van der Waals surface area contributed by atoms with Gasteiger partial charge in [-0.1, -0.05) is 19.3 Å². The molecule has 1 saturated carbocycles. The van der Waals surface area contributed by atoms with Crippen LogP contribution in [0.1, 0.15) is 38.5 Å². The lowest BCUT2D eigenvalue weighted by atomic mass is 9.80. The lowest BCUT2D eigenvalue weighted by Crippen LogP contribution is -2.56. The van der Waals surface area contributed by atoms with Gasteiger partial charge in [0, 0.05) is 25.0 Å². The number of rotatable bonds is 7. The molecule has 0 radical (unpaired) electrons. The number of thiol groups is 1. The Labute approximate surface area is 116 Å². The highest BCUT2D eigenvalue weighted by Crippen LogP contribution is 2.32. The average Bonchev–Trinajstić information content (AvgIpc) is 2.38. The van der Waals surface area contributed by atoms with Gasteiger partial charge >= 0.3 is 0 Å². The number of carbonyl (C=O) groups is 1. The standard InChI is InChI=1S/C13H26N2O2S/c1-15(8-9-16)13(6-3-2-4-7-13)11-14-12(17)5-10-18/h16,18H,2-11H2,1H3,(H,14,17). The minimum absolute atomic E-state index is 0.0350. The highest BCUT2D eigenvalue weighted by atomic mass is 32.1. The smallest absolute Gasteiger partial charge is 0.220 e. The Morgan fingerprint density at radius 2 is 2.06 bits per heavy atom. The van der Waals surface area contributed by atoms with E-state index in [0.29, 0.717) is 25.3 Å². The summed E-state index contributed by atoms with van der Waals surface area (Å²) in [5.74, 6) is 0.665. The van der Waals surface area contributed by atoms with Crippen LogP contribution in [0.3, 0.4) is 0 Å². The third-order valence-electron chi connectivity index (χ3n) is 3.98. The molecule has 1 aliphatic rings. The second-order valence-corrected chi connectivity index (χ2v) is 5.63. The summed E-state index contributed by atoms with van der Waals surface area (Å²) in [5.41, 5.74) is 0.0350. The van der Waals surface area contributed by atoms with Crippen molar-refractivity contribution in [2.75, 3.05) is 32.5 Å². The van der Waals surface area contributed by atoms with Gasteiger partial charge in [-0.15, -0.1) is 0 Å². The summed E-state index contributed by atoms with van der Waals surface area (Å²) < 4.78 is 0. The fourth-order valence-electron chi connectivity index (χ4n) is 2.74. The van der Waals surface area contributed by atoms with Gasteiger partial charge in [0.15, 0.2) is 0 Å². The van der Waals surface area contributed by atoms with Gasteiger partial charge in [0.05, 0.1) is 6.61 Å². The normalized spacial score (nSPS) is 18.9. The molecule has 1 fully saturated rings. The van der Waals surface area contributed by atoms with Gasteiger partial charge in [0.25, 0.3) is 0 Å². The first kappa shape index (κ1) is 15.8. The number of hydrogen-bond donors (Lipinski definition) is 3. The third kappa shape index (κ3) is 4.44. The third-order valence-corrected chi connectivity index (χ3v) is 4.21. The van der Waals surface area contributed by atoms with E-state index in [1.54, 1.807) is 0 Å². The lowest BCUT2D eigenvalue weighted by Gasteiger charge is -2.44. The van der Waals surface area contributed by atoms with Crippen molar-refractivity contribution in [1.29, 1.82) is 0 Å². The van der Waals surface area contributed by atoms with E-state index in [4.69, 9.17) is 5.11 Å². The zero-order valence-electron chi connectivity index (χ0n) is 11.3. The predicted octanol–water partition coefficient (Wildman–Crippen LogP) is 1.05. The Kier molecular flexibility index (Phi) is 7.04. The second-order valence-electron chi connectivity index (χ2n) is 5.18. The van der Waals surface area contributed by atoms with Crippen LogP contribution in [0.4, 0.5) is 0 Å². The van der Waals surface area contributed by atoms with E-state index < -0.39 is 0 Å². The molecule has 0 unspecified atom stereocenters. The van der Waals surface area contributed by atoms with E-state index in [-0.39, 0.29) is 18.1 Å². The van der Waals surface area contributed by atoms with E-state index in [9.17, 15) is 4.79 Å². The van der Waals surface area contributed by atoms with Gasteiger partial charge in [0.2, 0.25) is 5.91 Å². The first-order chi connectivity index (χ1) is 8.64. The van der Waals surface area contributed by atoms with Crippen LogP contribution in [0.2, 0.25) is 0 Å². The number of β-amino-alcohol motifs (C(OH)–C–C–N with tert-alkyl or cyclic N) is 1. The Hall–Kier alpha value is -0.260. The predicted molar refractivity (Wildman–Crippen MR) is 77.0 cm³/mol. The van der Waals surface area contributed by atoms with Crippen LogP contribution in [0.25, 0.3) is 0 Å². The molecule has 5 heteroatoms. The van der Waals surface area contributed by atoms with Crippen molar-refractivity contribution >= 4 is 18.5 Å². The molecular formula is C13H26N2O2S. The molecule has 1 rings (SSSR count). The number of likely N-dealkylation sites (N-methyl/N-ethyl adjacent to an activating group) is 1. The molecule has 0 spiro atoms. The van der Waals surface area contributed by atoms with Crippen molar-refractivity contribution in [3.05, 3.63) is 0 Å². The second kappa shape index (κ2) is 8.02. The highest BCUT2D eigenvalue weighted by Gasteiger charge is 2.35. The van der Waals surface area contributed by atoms with E-state index in [1.807, 2.05) is 7.05 Å². The zero-order valence-corrected chi connectivity index (χ0v) is 12.2. The van der Waals surface area contributed by atoms with Crippen LogP contribution in [0.5, 0.6) is 0 Å². The number of nitrogens with zero attached hydrogens (tertiary/aromatic N) is 1. The first-order valence-electron chi connectivity index (χ1n) is 6.84. The summed E-state index contributed by atoms with van der Waals surface area (Å²) >= 11 is 4.07. The largest absolute Gasteiger partial charge is 0.395 e. The molecule has 0 aromatic rings. The van der Waals surface area contributed by atoms with Crippen molar-refractivity contribution in [2.24, 2.45) is 0 Å². The molecule has 4 nitrogen and oxygen atoms in total. The van der Waals surface area contributed by atoms with E-state index in [2.05, 4.69) is 22.8 Å². The van der Waals surface area contributed by atoms with Crippen LogP contribution < -0.4 is 5.32 Å². The number of aliphatic hydroxyl groups excluding tert-OH is 1. The minimum atomic E-state index is 0.0350. The van der Waals surface area contributed by atoms with Gasteiger partial charge in [0.1, 0.15) is 0 Å². The number of hydrogen-bond acceptors (Lipinski definition) is 4. The van der Waals surface area contributed by atoms with Crippen molar-refractivity contribution < 1.29 is 9.90 Å². The highest BCUT2D eigenvalue weighted by molar-refractivity contribution is 7.80. The lowest BCUT2D eigenvalue weighted by molar-refractivity contribution is -0.121. The van der Waals surface area contributed by atoms with Crippen molar-refractivity contribution in [1.82, 2.24) is 10.2 Å². The van der Waals surface area contributed by atoms with Gasteiger partial charge < -0.3 is 10.4 Å². The van der Waals surface area contributed by atoms with Crippen LogP contribution in [0, 0.1) is 0 Å². The van der Waals surface area contributed by atoms with Crippen molar-refractivity contribution in [2.45, 2.75) is 44.1 Å². The molecule has 2 N–H and O–H groups in total. The topological polar surface area (TPSA) is 52.6 Å². The molecule has 0 atom stereocenters. The van der Waals surface area contributed by atoms with Gasteiger partial charge in [-0.2, -0.15) is 12.6 Å². The molecule has 0 aliphatic heterocycles. The summed E-state index contributed by atoms with van der Waals surface area (Å²) in [7, 11) is 2.05. The van der Waals surface area contributed by atoms with Gasteiger partial charge in [-0.05, 0) is 25.6 Å². The maximum absolute atomic E-state index is 11.6. The molecule has 1 amide bonds. The molecular weight excluding hydrogens is 248 g/mol. The number of aliphatic hydroxyl groups is 1. The van der Waals surface area contributed by atoms with Gasteiger partial charge in [-0.3, -0.25) is 9.69 Å². The Balaban J connectivity index is 2.56. The molecule has 106 valence electrons. The van der Waals surface area contributed by atoms with E-state index in [1.165, 1.54) is 19.3 Å². The molecule has 0 aromatic heterocycles. The van der Waals surface area contributed by atoms with Crippen LogP contribution in [0.15, 0.2) is 0 Å². The summed E-state index contributed by atoms with van der Waals surface area (Å²) in [6.07, 6.45) is 6.37. The Morgan fingerprint density at radius 3 is 2.61 bits per heavy atom. The molecule has 0 saturated heterocycles. The Bertz CT molecular complexity index is 255. The zero-order chi connectivity index (χ0) is 13.4. The monoisotopic (exact) mass is 274 g/mol. The van der Waals surface area contributed by atoms with E-state index in [0.717, 1.165) is 12.8 Å². The summed E-state index contributed by atoms with van der Waals surface area (Å²) in [4.78, 5) is 13.8. The molecule has 0 aromatic carbocycles. The van der Waals surface area contributed by atoms with E-state index >= 15 is 0 Å². The molecule has 0 bridgehead atoms. The minimum Gasteiger partial charge on any atom is -0.395 e. The number of amides is 1. The number of nitrogens with one attached hydrogen (secondary N) is 1. The maximum Gasteiger partial charge on any atom is 0.220 e. The quantitative estimate of drug-likeness (QED) is 0.608. The van der Waals surface area contributed by atoms with Crippen LogP contribution >= 0.6 is 12.6 Å². The maximum atomic E-state index is 11.6. The molecule has 18 heavy (non-hydrogen) atoms. The summed E-state index contributed by atoms with van der Waals surface area (Å²) in [6.45, 7) is 1.53. The molecule has 0 heterocycles. The number of carbonyl (C=O) groups excluding carboxylic acids is 1.